The molecule has 0 atom stereocenters. The van der Waals surface area contributed by atoms with Crippen molar-refractivity contribution >= 4 is 11.6 Å². The minimum absolute atomic E-state index is 0.0541. The van der Waals surface area contributed by atoms with E-state index in [4.69, 9.17) is 21.9 Å². The van der Waals surface area contributed by atoms with E-state index in [1.54, 1.807) is 6.07 Å². The van der Waals surface area contributed by atoms with Crippen LogP contribution in [-0.4, -0.2) is 10.1 Å². The maximum atomic E-state index is 13.6. The zero-order valence-electron chi connectivity index (χ0n) is 9.20. The summed E-state index contributed by atoms with van der Waals surface area (Å²) in [5.74, 6) is 0.293. The van der Waals surface area contributed by atoms with Crippen molar-refractivity contribution in [1.82, 2.24) is 10.1 Å². The number of aryl methyl sites for hydroxylation is 1. The van der Waals surface area contributed by atoms with Crippen LogP contribution in [0.25, 0.3) is 11.4 Å². The molecule has 6 heteroatoms. The molecule has 90 valence electrons. The van der Waals surface area contributed by atoms with Crippen LogP contribution in [0.1, 0.15) is 18.4 Å². The fourth-order valence-corrected chi connectivity index (χ4v) is 1.73. The third-order valence-corrected chi connectivity index (χ3v) is 2.66. The number of hydrogen-bond donors (Lipinski definition) is 1. The largest absolute Gasteiger partial charge is 0.338 e. The molecule has 1 heterocycles. The summed E-state index contributed by atoms with van der Waals surface area (Å²) >= 11 is 5.80. The Balaban J connectivity index is 2.48. The van der Waals surface area contributed by atoms with Crippen LogP contribution in [0.4, 0.5) is 4.39 Å². The molecule has 0 bridgehead atoms. The van der Waals surface area contributed by atoms with Crippen molar-refractivity contribution in [3.8, 4) is 11.4 Å². The van der Waals surface area contributed by atoms with Gasteiger partial charge >= 0.3 is 0 Å². The van der Waals surface area contributed by atoms with Crippen LogP contribution in [-0.2, 0) is 13.0 Å². The first-order valence-corrected chi connectivity index (χ1v) is 5.54. The third kappa shape index (κ3) is 2.30. The van der Waals surface area contributed by atoms with Crippen molar-refractivity contribution in [2.45, 2.75) is 19.9 Å². The number of hydrogen-bond acceptors (Lipinski definition) is 4. The van der Waals surface area contributed by atoms with Crippen molar-refractivity contribution in [1.29, 1.82) is 0 Å². The van der Waals surface area contributed by atoms with Crippen LogP contribution in [0.15, 0.2) is 16.7 Å². The Morgan fingerprint density at radius 1 is 1.47 bits per heavy atom. The van der Waals surface area contributed by atoms with E-state index in [9.17, 15) is 4.39 Å². The summed E-state index contributed by atoms with van der Waals surface area (Å²) in [6.07, 6.45) is 0.543. The molecule has 0 aliphatic carbocycles. The van der Waals surface area contributed by atoms with E-state index in [1.807, 2.05) is 6.92 Å². The van der Waals surface area contributed by atoms with E-state index in [0.717, 1.165) is 0 Å². The van der Waals surface area contributed by atoms with Gasteiger partial charge in [-0.3, -0.25) is 0 Å². The molecule has 1 aromatic heterocycles. The summed E-state index contributed by atoms with van der Waals surface area (Å²) in [6, 6.07) is 3.13. The van der Waals surface area contributed by atoms with Gasteiger partial charge in [0, 0.05) is 5.56 Å². The second-order valence-corrected chi connectivity index (χ2v) is 3.91. The Hall–Kier alpha value is -1.46. The van der Waals surface area contributed by atoms with Crippen LogP contribution in [0.2, 0.25) is 5.02 Å². The van der Waals surface area contributed by atoms with Gasteiger partial charge in [0.25, 0.3) is 0 Å². The Bertz CT molecular complexity index is 542. The Kier molecular flexibility index (Phi) is 3.40. The predicted molar refractivity (Wildman–Crippen MR) is 62.0 cm³/mol. The molecular weight excluding hydrogens is 245 g/mol. The first kappa shape index (κ1) is 12.0. The molecular formula is C11H11ClFN3O. The monoisotopic (exact) mass is 255 g/mol. The summed E-state index contributed by atoms with van der Waals surface area (Å²) in [5.41, 5.74) is 6.51. The summed E-state index contributed by atoms with van der Waals surface area (Å²) in [4.78, 5) is 4.06. The third-order valence-electron chi connectivity index (χ3n) is 2.39. The molecule has 0 saturated carbocycles. The molecule has 0 saturated heterocycles. The molecule has 0 fully saturated rings. The number of halogens is 2. The zero-order chi connectivity index (χ0) is 12.4. The highest BCUT2D eigenvalue weighted by molar-refractivity contribution is 6.31. The maximum absolute atomic E-state index is 13.6. The molecule has 0 aliphatic heterocycles. The molecule has 4 nitrogen and oxygen atoms in total. The second kappa shape index (κ2) is 4.81. The van der Waals surface area contributed by atoms with E-state index < -0.39 is 5.82 Å². The molecule has 0 aliphatic rings. The highest BCUT2D eigenvalue weighted by Crippen LogP contribution is 2.26. The predicted octanol–water partition coefficient (Wildman–Crippen LogP) is 2.55. The molecule has 2 rings (SSSR count). The summed E-state index contributed by atoms with van der Waals surface area (Å²) < 4.78 is 18.4. The number of benzene rings is 1. The van der Waals surface area contributed by atoms with Gasteiger partial charge in [-0.1, -0.05) is 23.7 Å². The SMILES string of the molecule is CCc1cc(-c2noc(CN)n2)cc(Cl)c1F. The van der Waals surface area contributed by atoms with Gasteiger partial charge in [-0.05, 0) is 24.1 Å². The fraction of sp³-hybridized carbons (Fsp3) is 0.273. The van der Waals surface area contributed by atoms with Gasteiger partial charge in [-0.25, -0.2) is 4.39 Å². The molecule has 17 heavy (non-hydrogen) atoms. The highest BCUT2D eigenvalue weighted by atomic mass is 35.5. The normalized spacial score (nSPS) is 10.8. The van der Waals surface area contributed by atoms with Crippen molar-refractivity contribution in [3.63, 3.8) is 0 Å². The van der Waals surface area contributed by atoms with Crippen LogP contribution >= 0.6 is 11.6 Å². The van der Waals surface area contributed by atoms with Crippen LogP contribution in [0.3, 0.4) is 0 Å². The first-order chi connectivity index (χ1) is 8.15. The number of nitrogens with zero attached hydrogens (tertiary/aromatic N) is 2. The van der Waals surface area contributed by atoms with Crippen molar-refractivity contribution < 1.29 is 8.91 Å². The molecule has 2 N–H and O–H groups in total. The zero-order valence-corrected chi connectivity index (χ0v) is 9.96. The number of nitrogens with two attached hydrogens (primary N) is 1. The molecule has 0 spiro atoms. The van der Waals surface area contributed by atoms with Gasteiger partial charge in [0.05, 0.1) is 11.6 Å². The Morgan fingerprint density at radius 3 is 2.82 bits per heavy atom. The van der Waals surface area contributed by atoms with Gasteiger partial charge in [-0.15, -0.1) is 0 Å². The first-order valence-electron chi connectivity index (χ1n) is 5.16. The molecule has 0 radical (unpaired) electrons. The minimum Gasteiger partial charge on any atom is -0.338 e. The lowest BCUT2D eigenvalue weighted by Crippen LogP contribution is -1.96. The smallest absolute Gasteiger partial charge is 0.240 e. The van der Waals surface area contributed by atoms with E-state index in [-0.39, 0.29) is 11.6 Å². The topological polar surface area (TPSA) is 64.9 Å². The summed E-state index contributed by atoms with van der Waals surface area (Å²) in [6.45, 7) is 2.02. The standard InChI is InChI=1S/C11H11ClFN3O/c1-2-6-3-7(4-8(12)10(6)13)11-15-9(5-14)17-16-11/h3-4H,2,5,14H2,1H3. The molecule has 0 amide bonds. The summed E-state index contributed by atoms with van der Waals surface area (Å²) in [5, 5.41) is 3.81. The average molecular weight is 256 g/mol. The van der Waals surface area contributed by atoms with E-state index in [2.05, 4.69) is 10.1 Å². The second-order valence-electron chi connectivity index (χ2n) is 3.50. The van der Waals surface area contributed by atoms with Gasteiger partial charge < -0.3 is 10.3 Å². The van der Waals surface area contributed by atoms with Crippen molar-refractivity contribution in [3.05, 3.63) is 34.4 Å². The number of aromatic nitrogens is 2. The quantitative estimate of drug-likeness (QED) is 0.915. The molecule has 1 aromatic carbocycles. The maximum Gasteiger partial charge on any atom is 0.240 e. The van der Waals surface area contributed by atoms with Gasteiger partial charge in [-0.2, -0.15) is 4.98 Å². The van der Waals surface area contributed by atoms with E-state index in [1.165, 1.54) is 6.07 Å². The van der Waals surface area contributed by atoms with Crippen LogP contribution in [0.5, 0.6) is 0 Å². The molecule has 2 aromatic rings. The Morgan fingerprint density at radius 2 is 2.24 bits per heavy atom. The average Bonchev–Trinajstić information content (AvgIpc) is 2.81. The van der Waals surface area contributed by atoms with Crippen LogP contribution < -0.4 is 5.73 Å². The lowest BCUT2D eigenvalue weighted by atomic mass is 10.1. The lowest BCUT2D eigenvalue weighted by molar-refractivity contribution is 0.380. The van der Waals surface area contributed by atoms with Crippen molar-refractivity contribution in [2.75, 3.05) is 0 Å². The van der Waals surface area contributed by atoms with Gasteiger partial charge in [0.1, 0.15) is 5.82 Å². The highest BCUT2D eigenvalue weighted by Gasteiger charge is 2.13. The van der Waals surface area contributed by atoms with Crippen molar-refractivity contribution in [2.24, 2.45) is 5.73 Å². The van der Waals surface area contributed by atoms with Crippen LogP contribution in [0, 0.1) is 5.82 Å². The Labute approximate surface area is 103 Å². The lowest BCUT2D eigenvalue weighted by Gasteiger charge is -2.04. The van der Waals surface area contributed by atoms with Gasteiger partial charge in [0.2, 0.25) is 11.7 Å². The minimum atomic E-state index is -0.402. The summed E-state index contributed by atoms with van der Waals surface area (Å²) in [7, 11) is 0. The fourth-order valence-electron chi connectivity index (χ4n) is 1.49. The van der Waals surface area contributed by atoms with E-state index in [0.29, 0.717) is 29.3 Å². The number of rotatable bonds is 3. The molecule has 0 unspecified atom stereocenters. The van der Waals surface area contributed by atoms with Gasteiger partial charge in [0.15, 0.2) is 0 Å². The van der Waals surface area contributed by atoms with E-state index >= 15 is 0 Å².